The smallest absolute Gasteiger partial charge is 0.417 e. The zero-order chi connectivity index (χ0) is 14.3. The molecule has 0 fully saturated rings. The maximum absolute atomic E-state index is 13.4. The van der Waals surface area contributed by atoms with E-state index in [1.165, 1.54) is 19.2 Å². The predicted octanol–water partition coefficient (Wildman–Crippen LogP) is 1.48. The SMILES string of the molecule is CCOC(=O)C(=O)OCCc1ccc(OC)c(F)c1. The van der Waals surface area contributed by atoms with Gasteiger partial charge < -0.3 is 14.2 Å². The number of halogens is 1. The summed E-state index contributed by atoms with van der Waals surface area (Å²) in [6, 6.07) is 4.43. The standard InChI is InChI=1S/C13H15FO5/c1-3-18-12(15)13(16)19-7-6-9-4-5-11(17-2)10(14)8-9/h4-5,8H,3,6-7H2,1-2H3. The van der Waals surface area contributed by atoms with Gasteiger partial charge in [-0.25, -0.2) is 14.0 Å². The predicted molar refractivity (Wildman–Crippen MR) is 64.2 cm³/mol. The van der Waals surface area contributed by atoms with Crippen LogP contribution >= 0.6 is 0 Å². The Kier molecular flexibility index (Phi) is 5.78. The fraction of sp³-hybridized carbons (Fsp3) is 0.385. The first-order chi connectivity index (χ1) is 9.08. The van der Waals surface area contributed by atoms with Crippen molar-refractivity contribution in [3.05, 3.63) is 29.6 Å². The van der Waals surface area contributed by atoms with E-state index < -0.39 is 17.8 Å². The lowest BCUT2D eigenvalue weighted by molar-refractivity contribution is -0.167. The number of esters is 2. The van der Waals surface area contributed by atoms with E-state index in [-0.39, 0.29) is 19.0 Å². The molecule has 0 saturated heterocycles. The van der Waals surface area contributed by atoms with Gasteiger partial charge in [0, 0.05) is 6.42 Å². The molecule has 0 aromatic heterocycles. The van der Waals surface area contributed by atoms with E-state index in [0.29, 0.717) is 12.0 Å². The van der Waals surface area contributed by atoms with E-state index in [0.717, 1.165) is 0 Å². The summed E-state index contributed by atoms with van der Waals surface area (Å²) in [7, 11) is 1.37. The lowest BCUT2D eigenvalue weighted by Gasteiger charge is -2.06. The summed E-state index contributed by atoms with van der Waals surface area (Å²) in [6.07, 6.45) is 0.298. The van der Waals surface area contributed by atoms with Gasteiger partial charge in [0.15, 0.2) is 11.6 Å². The highest BCUT2D eigenvalue weighted by molar-refractivity contribution is 6.29. The number of carbonyl (C=O) groups excluding carboxylic acids is 2. The molecule has 0 aliphatic rings. The van der Waals surface area contributed by atoms with Crippen molar-refractivity contribution in [2.45, 2.75) is 13.3 Å². The lowest BCUT2D eigenvalue weighted by Crippen LogP contribution is -2.21. The number of ether oxygens (including phenoxy) is 3. The molecule has 104 valence electrons. The molecule has 0 atom stereocenters. The molecule has 0 heterocycles. The van der Waals surface area contributed by atoms with Crippen molar-refractivity contribution in [1.29, 1.82) is 0 Å². The van der Waals surface area contributed by atoms with Gasteiger partial charge in [-0.2, -0.15) is 0 Å². The fourth-order valence-electron chi connectivity index (χ4n) is 1.38. The summed E-state index contributed by atoms with van der Waals surface area (Å²) in [5, 5.41) is 0. The van der Waals surface area contributed by atoms with Crippen molar-refractivity contribution < 1.29 is 28.2 Å². The first kappa shape index (κ1) is 14.9. The van der Waals surface area contributed by atoms with Gasteiger partial charge in [-0.15, -0.1) is 0 Å². The van der Waals surface area contributed by atoms with Crippen LogP contribution in [0.2, 0.25) is 0 Å². The highest BCUT2D eigenvalue weighted by Crippen LogP contribution is 2.17. The zero-order valence-corrected chi connectivity index (χ0v) is 10.8. The molecule has 0 aliphatic carbocycles. The minimum absolute atomic E-state index is 0.0244. The van der Waals surface area contributed by atoms with Gasteiger partial charge in [0.05, 0.1) is 20.3 Å². The minimum atomic E-state index is -1.05. The highest BCUT2D eigenvalue weighted by atomic mass is 19.1. The zero-order valence-electron chi connectivity index (χ0n) is 10.8. The minimum Gasteiger partial charge on any atom is -0.494 e. The van der Waals surface area contributed by atoms with Crippen LogP contribution < -0.4 is 4.74 Å². The molecule has 0 bridgehead atoms. The Labute approximate surface area is 110 Å². The molecule has 0 unspecified atom stereocenters. The van der Waals surface area contributed by atoms with Crippen LogP contribution in [0.5, 0.6) is 5.75 Å². The Morgan fingerprint density at radius 3 is 2.47 bits per heavy atom. The summed E-state index contributed by atoms with van der Waals surface area (Å²) >= 11 is 0. The molecular weight excluding hydrogens is 255 g/mol. The molecule has 0 aliphatic heterocycles. The van der Waals surface area contributed by atoms with Crippen molar-refractivity contribution in [2.24, 2.45) is 0 Å². The van der Waals surface area contributed by atoms with Crippen LogP contribution in [0.3, 0.4) is 0 Å². The molecular formula is C13H15FO5. The highest BCUT2D eigenvalue weighted by Gasteiger charge is 2.16. The topological polar surface area (TPSA) is 61.8 Å². The summed E-state index contributed by atoms with van der Waals surface area (Å²) < 4.78 is 27.3. The molecule has 1 aromatic carbocycles. The van der Waals surface area contributed by atoms with Crippen molar-refractivity contribution in [1.82, 2.24) is 0 Å². The summed E-state index contributed by atoms with van der Waals surface area (Å²) in [6.45, 7) is 1.67. The van der Waals surface area contributed by atoms with Crippen molar-refractivity contribution in [3.8, 4) is 5.75 Å². The molecule has 5 nitrogen and oxygen atoms in total. The third kappa shape index (κ3) is 4.57. The quantitative estimate of drug-likeness (QED) is 0.599. The average Bonchev–Trinajstić information content (AvgIpc) is 2.39. The first-order valence-corrected chi connectivity index (χ1v) is 5.74. The Balaban J connectivity index is 2.43. The van der Waals surface area contributed by atoms with Crippen LogP contribution in [-0.4, -0.2) is 32.3 Å². The summed E-state index contributed by atoms with van der Waals surface area (Å²) in [4.78, 5) is 22.0. The number of benzene rings is 1. The van der Waals surface area contributed by atoms with E-state index in [1.54, 1.807) is 13.0 Å². The second-order valence-corrected chi connectivity index (χ2v) is 3.58. The Morgan fingerprint density at radius 2 is 1.89 bits per heavy atom. The maximum atomic E-state index is 13.4. The van der Waals surface area contributed by atoms with Gasteiger partial charge in [-0.3, -0.25) is 0 Å². The molecule has 19 heavy (non-hydrogen) atoms. The Morgan fingerprint density at radius 1 is 1.21 bits per heavy atom. The molecule has 0 amide bonds. The number of hydrogen-bond acceptors (Lipinski definition) is 5. The maximum Gasteiger partial charge on any atom is 0.417 e. The van der Waals surface area contributed by atoms with Crippen LogP contribution in [0.15, 0.2) is 18.2 Å². The first-order valence-electron chi connectivity index (χ1n) is 5.74. The number of carbonyl (C=O) groups is 2. The average molecular weight is 270 g/mol. The number of hydrogen-bond donors (Lipinski definition) is 0. The fourth-order valence-corrected chi connectivity index (χ4v) is 1.38. The second kappa shape index (κ2) is 7.35. The molecule has 1 rings (SSSR count). The van der Waals surface area contributed by atoms with Gasteiger partial charge in [0.2, 0.25) is 0 Å². The number of methoxy groups -OCH3 is 1. The molecule has 0 radical (unpaired) electrons. The third-order valence-corrected chi connectivity index (χ3v) is 2.28. The van der Waals surface area contributed by atoms with Gasteiger partial charge in [-0.05, 0) is 24.6 Å². The van der Waals surface area contributed by atoms with Gasteiger partial charge in [0.25, 0.3) is 0 Å². The van der Waals surface area contributed by atoms with Crippen LogP contribution in [-0.2, 0) is 25.5 Å². The number of rotatable bonds is 5. The van der Waals surface area contributed by atoms with E-state index in [2.05, 4.69) is 9.47 Å². The van der Waals surface area contributed by atoms with Crippen LogP contribution in [0, 0.1) is 5.82 Å². The normalized spacial score (nSPS) is 9.84. The molecule has 0 N–H and O–H groups in total. The van der Waals surface area contributed by atoms with E-state index in [9.17, 15) is 14.0 Å². The van der Waals surface area contributed by atoms with E-state index in [4.69, 9.17) is 4.74 Å². The van der Waals surface area contributed by atoms with Crippen molar-refractivity contribution in [2.75, 3.05) is 20.3 Å². The summed E-state index contributed by atoms with van der Waals surface area (Å²) in [5.74, 6) is -2.41. The Bertz CT molecular complexity index is 458. The molecule has 0 saturated carbocycles. The van der Waals surface area contributed by atoms with Gasteiger partial charge in [-0.1, -0.05) is 6.07 Å². The van der Waals surface area contributed by atoms with E-state index in [1.807, 2.05) is 0 Å². The third-order valence-electron chi connectivity index (χ3n) is 2.28. The van der Waals surface area contributed by atoms with Crippen LogP contribution in [0.25, 0.3) is 0 Å². The molecule has 1 aromatic rings. The Hall–Kier alpha value is -2.11. The monoisotopic (exact) mass is 270 g/mol. The van der Waals surface area contributed by atoms with Gasteiger partial charge >= 0.3 is 11.9 Å². The van der Waals surface area contributed by atoms with Crippen molar-refractivity contribution >= 4 is 11.9 Å². The van der Waals surface area contributed by atoms with Gasteiger partial charge in [0.1, 0.15) is 0 Å². The van der Waals surface area contributed by atoms with Crippen molar-refractivity contribution in [3.63, 3.8) is 0 Å². The van der Waals surface area contributed by atoms with Crippen LogP contribution in [0.4, 0.5) is 4.39 Å². The van der Waals surface area contributed by atoms with E-state index >= 15 is 0 Å². The lowest BCUT2D eigenvalue weighted by atomic mass is 10.1. The van der Waals surface area contributed by atoms with Crippen LogP contribution in [0.1, 0.15) is 12.5 Å². The summed E-state index contributed by atoms with van der Waals surface area (Å²) in [5.41, 5.74) is 0.634. The molecule has 0 spiro atoms. The molecule has 6 heteroatoms. The second-order valence-electron chi connectivity index (χ2n) is 3.58. The largest absolute Gasteiger partial charge is 0.494 e.